The van der Waals surface area contributed by atoms with Crippen molar-refractivity contribution < 1.29 is 13.5 Å². The molecule has 2 aromatic rings. The average molecular weight is 413 g/mol. The molecule has 1 aliphatic heterocycles. The molecule has 0 amide bonds. The minimum atomic E-state index is -0.732. The number of rotatable bonds is 5. The summed E-state index contributed by atoms with van der Waals surface area (Å²) in [6.45, 7) is 2.80. The standard InChI is InChI=1S/C27H34F2O/c1-2-3-17-4-6-18(7-5-17)19-8-10-20(11-9-19)21-12-13-22-15-24(25-16-30-25)27(29)26(28)23(22)14-21/h12-15,17-20,25H,2-11,16H2,1H3. The van der Waals surface area contributed by atoms with E-state index in [1.807, 2.05) is 12.1 Å². The first kappa shape index (κ1) is 20.4. The topological polar surface area (TPSA) is 12.5 Å². The zero-order valence-electron chi connectivity index (χ0n) is 18.1. The summed E-state index contributed by atoms with van der Waals surface area (Å²) in [7, 11) is 0. The maximum Gasteiger partial charge on any atom is 0.167 e. The van der Waals surface area contributed by atoms with Crippen LogP contribution >= 0.6 is 0 Å². The lowest BCUT2D eigenvalue weighted by atomic mass is 9.68. The van der Waals surface area contributed by atoms with Crippen LogP contribution in [0.1, 0.15) is 94.3 Å². The molecule has 0 radical (unpaired) electrons. The van der Waals surface area contributed by atoms with E-state index in [2.05, 4.69) is 13.0 Å². The van der Waals surface area contributed by atoms with Gasteiger partial charge in [0.15, 0.2) is 11.6 Å². The zero-order chi connectivity index (χ0) is 20.7. The van der Waals surface area contributed by atoms with Gasteiger partial charge in [0.05, 0.1) is 6.61 Å². The molecule has 3 heteroatoms. The van der Waals surface area contributed by atoms with E-state index in [4.69, 9.17) is 4.74 Å². The Morgan fingerprint density at radius 3 is 2.17 bits per heavy atom. The molecule has 0 N–H and O–H groups in total. The average Bonchev–Trinajstić information content (AvgIpc) is 3.62. The summed E-state index contributed by atoms with van der Waals surface area (Å²) in [4.78, 5) is 0. The van der Waals surface area contributed by atoms with Gasteiger partial charge in [0.1, 0.15) is 6.10 Å². The maximum atomic E-state index is 14.8. The Hall–Kier alpha value is -1.48. The smallest absolute Gasteiger partial charge is 0.167 e. The van der Waals surface area contributed by atoms with Gasteiger partial charge in [-0.05, 0) is 85.3 Å². The quantitative estimate of drug-likeness (QED) is 0.452. The van der Waals surface area contributed by atoms with Crippen molar-refractivity contribution in [3.8, 4) is 0 Å². The van der Waals surface area contributed by atoms with Crippen LogP contribution in [0.25, 0.3) is 10.8 Å². The van der Waals surface area contributed by atoms with Crippen LogP contribution in [-0.2, 0) is 4.74 Å². The van der Waals surface area contributed by atoms with E-state index in [0.29, 0.717) is 23.5 Å². The highest BCUT2D eigenvalue weighted by Gasteiger charge is 2.32. The van der Waals surface area contributed by atoms with Crippen molar-refractivity contribution in [2.45, 2.75) is 83.2 Å². The minimum Gasteiger partial charge on any atom is -0.368 e. The van der Waals surface area contributed by atoms with Gasteiger partial charge < -0.3 is 4.74 Å². The summed E-state index contributed by atoms with van der Waals surface area (Å²) in [5, 5.41) is 1.20. The zero-order valence-corrected chi connectivity index (χ0v) is 18.1. The van der Waals surface area contributed by atoms with Crippen molar-refractivity contribution >= 4 is 10.8 Å². The second-order valence-electron chi connectivity index (χ2n) is 10.1. The van der Waals surface area contributed by atoms with Gasteiger partial charge in [-0.1, -0.05) is 44.7 Å². The largest absolute Gasteiger partial charge is 0.368 e. The summed E-state index contributed by atoms with van der Waals surface area (Å²) >= 11 is 0. The molecule has 2 aliphatic carbocycles. The van der Waals surface area contributed by atoms with Crippen LogP contribution in [0, 0.1) is 29.4 Å². The van der Waals surface area contributed by atoms with Crippen LogP contribution in [0.5, 0.6) is 0 Å². The number of hydrogen-bond acceptors (Lipinski definition) is 1. The second-order valence-corrected chi connectivity index (χ2v) is 10.1. The Kier molecular flexibility index (Phi) is 5.84. The summed E-state index contributed by atoms with van der Waals surface area (Å²) in [5.41, 5.74) is 1.54. The van der Waals surface area contributed by atoms with Crippen molar-refractivity contribution in [1.29, 1.82) is 0 Å². The van der Waals surface area contributed by atoms with Crippen LogP contribution in [-0.4, -0.2) is 6.61 Å². The first-order valence-electron chi connectivity index (χ1n) is 12.2. The molecular weight excluding hydrogens is 378 g/mol. The molecule has 1 unspecified atom stereocenters. The Bertz CT molecular complexity index is 887. The molecule has 0 bridgehead atoms. The fourth-order valence-electron chi connectivity index (χ4n) is 6.36. The van der Waals surface area contributed by atoms with E-state index in [-0.39, 0.29) is 6.10 Å². The maximum absolute atomic E-state index is 14.8. The van der Waals surface area contributed by atoms with E-state index in [1.165, 1.54) is 69.8 Å². The van der Waals surface area contributed by atoms with Crippen molar-refractivity contribution in [3.63, 3.8) is 0 Å². The van der Waals surface area contributed by atoms with Crippen LogP contribution in [0.15, 0.2) is 24.3 Å². The van der Waals surface area contributed by atoms with E-state index in [1.54, 1.807) is 6.07 Å². The number of epoxide rings is 1. The van der Waals surface area contributed by atoms with Crippen molar-refractivity contribution in [2.24, 2.45) is 17.8 Å². The molecule has 5 rings (SSSR count). The molecule has 0 spiro atoms. The highest BCUT2D eigenvalue weighted by atomic mass is 19.2. The normalized spacial score (nSPS) is 31.8. The summed E-state index contributed by atoms with van der Waals surface area (Å²) in [5.74, 6) is 1.81. The van der Waals surface area contributed by atoms with Crippen molar-refractivity contribution in [2.75, 3.05) is 6.61 Å². The third kappa shape index (κ3) is 4.02. The third-order valence-corrected chi connectivity index (χ3v) is 8.25. The third-order valence-electron chi connectivity index (χ3n) is 8.25. The van der Waals surface area contributed by atoms with Crippen LogP contribution in [0.4, 0.5) is 8.78 Å². The second kappa shape index (κ2) is 8.57. The van der Waals surface area contributed by atoms with Crippen LogP contribution < -0.4 is 0 Å². The highest BCUT2D eigenvalue weighted by Crippen LogP contribution is 2.45. The van der Waals surface area contributed by atoms with Crippen LogP contribution in [0.2, 0.25) is 0 Å². The Balaban J connectivity index is 1.25. The highest BCUT2D eigenvalue weighted by molar-refractivity contribution is 5.85. The number of ether oxygens (including phenoxy) is 1. The van der Waals surface area contributed by atoms with Gasteiger partial charge in [-0.3, -0.25) is 0 Å². The molecule has 3 aliphatic rings. The van der Waals surface area contributed by atoms with Crippen molar-refractivity contribution in [1.82, 2.24) is 0 Å². The van der Waals surface area contributed by atoms with Gasteiger partial charge in [-0.25, -0.2) is 8.78 Å². The first-order valence-corrected chi connectivity index (χ1v) is 12.2. The van der Waals surface area contributed by atoms with E-state index >= 15 is 0 Å². The Morgan fingerprint density at radius 1 is 0.867 bits per heavy atom. The predicted molar refractivity (Wildman–Crippen MR) is 118 cm³/mol. The fourth-order valence-corrected chi connectivity index (χ4v) is 6.36. The van der Waals surface area contributed by atoms with E-state index in [9.17, 15) is 8.78 Å². The predicted octanol–water partition coefficient (Wildman–Crippen LogP) is 8.07. The first-order chi connectivity index (χ1) is 14.6. The SMILES string of the molecule is CCCC1CCC(C2CCC(c3ccc4cc(C5CO5)c(F)c(F)c4c3)CC2)CC1. The summed E-state index contributed by atoms with van der Waals surface area (Å²) in [6.07, 6.45) is 13.1. The van der Waals surface area contributed by atoms with E-state index < -0.39 is 11.6 Å². The lowest BCUT2D eigenvalue weighted by molar-refractivity contribution is 0.156. The molecule has 1 heterocycles. The molecule has 30 heavy (non-hydrogen) atoms. The minimum absolute atomic E-state index is 0.268. The Morgan fingerprint density at radius 2 is 1.53 bits per heavy atom. The summed E-state index contributed by atoms with van der Waals surface area (Å²) < 4.78 is 34.4. The Labute approximate surface area is 179 Å². The number of fused-ring (bicyclic) bond motifs is 1. The van der Waals surface area contributed by atoms with Gasteiger partial charge in [0, 0.05) is 10.9 Å². The molecule has 1 atom stereocenters. The molecule has 1 saturated heterocycles. The number of hydrogen-bond donors (Lipinski definition) is 0. The molecule has 2 saturated carbocycles. The van der Waals surface area contributed by atoms with Gasteiger partial charge in [0.25, 0.3) is 0 Å². The lowest BCUT2D eigenvalue weighted by Crippen LogP contribution is -2.25. The van der Waals surface area contributed by atoms with E-state index in [0.717, 1.165) is 23.1 Å². The molecule has 3 fully saturated rings. The fraction of sp³-hybridized carbons (Fsp3) is 0.630. The summed E-state index contributed by atoms with van der Waals surface area (Å²) in [6, 6.07) is 7.78. The van der Waals surface area contributed by atoms with Gasteiger partial charge in [-0.15, -0.1) is 0 Å². The van der Waals surface area contributed by atoms with Crippen LogP contribution in [0.3, 0.4) is 0 Å². The molecule has 2 aromatic carbocycles. The molecular formula is C27H34F2O. The van der Waals surface area contributed by atoms with Crippen molar-refractivity contribution in [3.05, 3.63) is 47.0 Å². The lowest BCUT2D eigenvalue weighted by Gasteiger charge is -2.38. The van der Waals surface area contributed by atoms with Gasteiger partial charge in [-0.2, -0.15) is 0 Å². The number of benzene rings is 2. The molecule has 0 aromatic heterocycles. The number of halogens is 2. The molecule has 1 nitrogen and oxygen atoms in total. The van der Waals surface area contributed by atoms with Gasteiger partial charge >= 0.3 is 0 Å². The molecule has 162 valence electrons. The van der Waals surface area contributed by atoms with Gasteiger partial charge in [0.2, 0.25) is 0 Å². The monoisotopic (exact) mass is 412 g/mol.